The van der Waals surface area contributed by atoms with Gasteiger partial charge in [0.25, 0.3) is 5.91 Å². The molecule has 0 fully saturated rings. The zero-order valence-electron chi connectivity index (χ0n) is 13.9. The number of hydrogen-bond donors (Lipinski definition) is 2. The van der Waals surface area contributed by atoms with Gasteiger partial charge in [-0.25, -0.2) is 4.68 Å². The minimum atomic E-state index is -1.07. The molecule has 1 heterocycles. The second kappa shape index (κ2) is 6.50. The van der Waals surface area contributed by atoms with E-state index in [1.165, 1.54) is 7.05 Å². The molecule has 23 heavy (non-hydrogen) atoms. The summed E-state index contributed by atoms with van der Waals surface area (Å²) in [5.41, 5.74) is 0.245. The second-order valence-corrected chi connectivity index (χ2v) is 5.90. The summed E-state index contributed by atoms with van der Waals surface area (Å²) >= 11 is 0. The molecule has 0 saturated carbocycles. The fourth-order valence-electron chi connectivity index (χ4n) is 2.76. The van der Waals surface area contributed by atoms with Crippen LogP contribution in [0.15, 0.2) is 24.3 Å². The summed E-state index contributed by atoms with van der Waals surface area (Å²) in [6.07, 6.45) is 1.35. The van der Waals surface area contributed by atoms with Gasteiger partial charge in [-0.2, -0.15) is 9.49 Å². The van der Waals surface area contributed by atoms with Gasteiger partial charge in [-0.15, -0.1) is 0 Å². The van der Waals surface area contributed by atoms with E-state index in [1.54, 1.807) is 38.1 Å². The van der Waals surface area contributed by atoms with Gasteiger partial charge in [-0.05, 0) is 26.3 Å². The molecule has 124 valence electrons. The highest BCUT2D eigenvalue weighted by atomic mass is 19.1. The lowest BCUT2D eigenvalue weighted by molar-refractivity contribution is 0.0477. The number of anilines is 1. The van der Waals surface area contributed by atoms with E-state index in [-0.39, 0.29) is 5.56 Å². The monoisotopic (exact) mass is 319 g/mol. The van der Waals surface area contributed by atoms with E-state index in [4.69, 9.17) is 0 Å². The van der Waals surface area contributed by atoms with E-state index in [1.807, 2.05) is 6.92 Å². The normalized spacial score (nSPS) is 13.7. The Morgan fingerprint density at radius 3 is 2.65 bits per heavy atom. The molecular weight excluding hydrogens is 297 g/mol. The average Bonchev–Trinajstić information content (AvgIpc) is 2.72. The number of rotatable bonds is 5. The number of carbonyl (C=O) groups is 1. The Labute approximate surface area is 135 Å². The Morgan fingerprint density at radius 2 is 2.09 bits per heavy atom. The quantitative estimate of drug-likeness (QED) is 0.890. The molecule has 2 N–H and O–H groups in total. The predicted octanol–water partition coefficient (Wildman–Crippen LogP) is 3.13. The molecule has 2 rings (SSSR count). The van der Waals surface area contributed by atoms with Crippen molar-refractivity contribution < 1.29 is 14.3 Å². The van der Waals surface area contributed by atoms with Crippen LogP contribution in [-0.2, 0) is 12.6 Å². The number of amides is 1. The van der Waals surface area contributed by atoms with Gasteiger partial charge in [0.1, 0.15) is 5.56 Å². The standard InChI is InChI=1S/C17H22FN3O2/c1-5-10-17(3,23)12-8-6-7-9-13(12)19-16(22)14-11(2)20-21(4)15(14)18/h6-9,23H,5,10H2,1-4H3,(H,19,22). The van der Waals surface area contributed by atoms with Crippen molar-refractivity contribution >= 4 is 11.6 Å². The van der Waals surface area contributed by atoms with Gasteiger partial charge in [0.2, 0.25) is 5.95 Å². The van der Waals surface area contributed by atoms with Crippen molar-refractivity contribution in [2.24, 2.45) is 7.05 Å². The van der Waals surface area contributed by atoms with Crippen molar-refractivity contribution in [3.8, 4) is 0 Å². The molecule has 1 aromatic carbocycles. The van der Waals surface area contributed by atoms with Crippen LogP contribution < -0.4 is 5.32 Å². The first-order valence-electron chi connectivity index (χ1n) is 7.60. The Kier molecular flexibility index (Phi) is 4.85. The number of aryl methyl sites for hydroxylation is 2. The third kappa shape index (κ3) is 3.42. The van der Waals surface area contributed by atoms with Gasteiger partial charge >= 0.3 is 0 Å². The van der Waals surface area contributed by atoms with Gasteiger partial charge in [0.05, 0.1) is 11.3 Å². The van der Waals surface area contributed by atoms with Crippen LogP contribution in [0.25, 0.3) is 0 Å². The minimum absolute atomic E-state index is 0.0857. The molecule has 0 bridgehead atoms. The van der Waals surface area contributed by atoms with Gasteiger partial charge in [0.15, 0.2) is 0 Å². The van der Waals surface area contributed by atoms with E-state index in [0.29, 0.717) is 23.4 Å². The van der Waals surface area contributed by atoms with Crippen molar-refractivity contribution in [2.75, 3.05) is 5.32 Å². The number of aromatic nitrogens is 2. The summed E-state index contributed by atoms with van der Waals surface area (Å²) in [6, 6.07) is 7.01. The number of nitrogens with zero attached hydrogens (tertiary/aromatic N) is 2. The van der Waals surface area contributed by atoms with Gasteiger partial charge < -0.3 is 10.4 Å². The molecule has 1 amide bonds. The first kappa shape index (κ1) is 17.1. The van der Waals surface area contributed by atoms with Gasteiger partial charge in [-0.3, -0.25) is 4.79 Å². The molecule has 0 radical (unpaired) electrons. The Hall–Kier alpha value is -2.21. The highest BCUT2D eigenvalue weighted by Crippen LogP contribution is 2.32. The minimum Gasteiger partial charge on any atom is -0.385 e. The Morgan fingerprint density at radius 1 is 1.43 bits per heavy atom. The zero-order chi connectivity index (χ0) is 17.2. The van der Waals surface area contributed by atoms with Crippen LogP contribution in [0.4, 0.5) is 10.1 Å². The fraction of sp³-hybridized carbons (Fsp3) is 0.412. The fourth-order valence-corrected chi connectivity index (χ4v) is 2.76. The van der Waals surface area contributed by atoms with Gasteiger partial charge in [-0.1, -0.05) is 31.5 Å². The molecular formula is C17H22FN3O2. The molecule has 0 aliphatic heterocycles. The summed E-state index contributed by atoms with van der Waals surface area (Å²) in [5, 5.41) is 17.2. The van der Waals surface area contributed by atoms with E-state index in [0.717, 1.165) is 11.1 Å². The van der Waals surface area contributed by atoms with Crippen molar-refractivity contribution in [2.45, 2.75) is 39.2 Å². The summed E-state index contributed by atoms with van der Waals surface area (Å²) < 4.78 is 15.1. The highest BCUT2D eigenvalue weighted by Gasteiger charge is 2.27. The third-order valence-electron chi connectivity index (χ3n) is 3.87. The molecule has 5 nitrogen and oxygen atoms in total. The average molecular weight is 319 g/mol. The van der Waals surface area contributed by atoms with Crippen LogP contribution in [0.3, 0.4) is 0 Å². The number of hydrogen-bond acceptors (Lipinski definition) is 3. The number of carbonyl (C=O) groups excluding carboxylic acids is 1. The summed E-state index contributed by atoms with van der Waals surface area (Å²) in [6.45, 7) is 5.26. The SMILES string of the molecule is CCCC(C)(O)c1ccccc1NC(=O)c1c(C)nn(C)c1F. The van der Waals surface area contributed by atoms with Crippen LogP contribution in [0.5, 0.6) is 0 Å². The maximum Gasteiger partial charge on any atom is 0.262 e. The maximum absolute atomic E-state index is 14.0. The Balaban J connectivity index is 2.36. The zero-order valence-corrected chi connectivity index (χ0v) is 13.9. The van der Waals surface area contributed by atoms with Crippen LogP contribution in [0.1, 0.15) is 48.3 Å². The van der Waals surface area contributed by atoms with Gasteiger partial charge in [0, 0.05) is 18.3 Å². The summed E-state index contributed by atoms with van der Waals surface area (Å²) in [7, 11) is 1.44. The van der Waals surface area contributed by atoms with Crippen molar-refractivity contribution in [3.63, 3.8) is 0 Å². The number of para-hydroxylation sites is 1. The molecule has 0 saturated heterocycles. The highest BCUT2D eigenvalue weighted by molar-refractivity contribution is 6.05. The number of halogens is 1. The third-order valence-corrected chi connectivity index (χ3v) is 3.87. The molecule has 6 heteroatoms. The van der Waals surface area contributed by atoms with E-state index >= 15 is 0 Å². The van der Waals surface area contributed by atoms with Crippen LogP contribution >= 0.6 is 0 Å². The smallest absolute Gasteiger partial charge is 0.262 e. The lowest BCUT2D eigenvalue weighted by Crippen LogP contribution is -2.24. The lowest BCUT2D eigenvalue weighted by Gasteiger charge is -2.26. The number of aliphatic hydroxyl groups is 1. The summed E-state index contributed by atoms with van der Waals surface area (Å²) in [5.74, 6) is -1.26. The van der Waals surface area contributed by atoms with Crippen molar-refractivity contribution in [3.05, 3.63) is 47.0 Å². The second-order valence-electron chi connectivity index (χ2n) is 5.90. The molecule has 0 aliphatic carbocycles. The topological polar surface area (TPSA) is 67.2 Å². The molecule has 2 aromatic rings. The molecule has 0 aliphatic rings. The number of benzene rings is 1. The maximum atomic E-state index is 14.0. The van der Waals surface area contributed by atoms with E-state index < -0.39 is 17.5 Å². The van der Waals surface area contributed by atoms with Crippen molar-refractivity contribution in [1.82, 2.24) is 9.78 Å². The van der Waals surface area contributed by atoms with Crippen LogP contribution in [0, 0.1) is 12.9 Å². The lowest BCUT2D eigenvalue weighted by atomic mass is 9.90. The van der Waals surface area contributed by atoms with Crippen LogP contribution in [-0.4, -0.2) is 20.8 Å². The van der Waals surface area contributed by atoms with Crippen molar-refractivity contribution in [1.29, 1.82) is 0 Å². The first-order chi connectivity index (χ1) is 10.8. The Bertz CT molecular complexity index is 723. The van der Waals surface area contributed by atoms with E-state index in [9.17, 15) is 14.3 Å². The first-order valence-corrected chi connectivity index (χ1v) is 7.60. The molecule has 1 aromatic heterocycles. The largest absolute Gasteiger partial charge is 0.385 e. The molecule has 1 atom stereocenters. The van der Waals surface area contributed by atoms with Crippen LogP contribution in [0.2, 0.25) is 0 Å². The predicted molar refractivity (Wildman–Crippen MR) is 86.8 cm³/mol. The summed E-state index contributed by atoms with van der Waals surface area (Å²) in [4.78, 5) is 12.4. The molecule has 0 spiro atoms. The molecule has 1 unspecified atom stereocenters. The number of nitrogens with one attached hydrogen (secondary N) is 1. The van der Waals surface area contributed by atoms with E-state index in [2.05, 4.69) is 10.4 Å².